The summed E-state index contributed by atoms with van der Waals surface area (Å²) in [6.45, 7) is 4.57. The van der Waals surface area contributed by atoms with Crippen LogP contribution in [0.2, 0.25) is 5.15 Å². The minimum Gasteiger partial charge on any atom is -0.302 e. The van der Waals surface area contributed by atoms with Gasteiger partial charge in [0.05, 0.1) is 4.88 Å². The van der Waals surface area contributed by atoms with Gasteiger partial charge in [-0.2, -0.15) is 0 Å². The molecule has 1 aliphatic heterocycles. The summed E-state index contributed by atoms with van der Waals surface area (Å²) in [4.78, 5) is 18.4. The summed E-state index contributed by atoms with van der Waals surface area (Å²) < 4.78 is 0. The summed E-state index contributed by atoms with van der Waals surface area (Å²) in [5, 5.41) is 3.76. The lowest BCUT2D eigenvalue weighted by Crippen LogP contribution is -2.17. The number of likely N-dealkylation sites (tertiary alicyclic amines) is 1. The number of hydrogen-bond acceptors (Lipinski definition) is 4. The van der Waals surface area contributed by atoms with Crippen LogP contribution in [-0.2, 0) is 11.3 Å². The Labute approximate surface area is 104 Å². The largest absolute Gasteiger partial charge is 0.302 e. The molecular weight excluding hydrogens is 246 g/mol. The summed E-state index contributed by atoms with van der Waals surface area (Å²) in [6.07, 6.45) is 2.52. The van der Waals surface area contributed by atoms with E-state index in [0.29, 0.717) is 10.3 Å². The van der Waals surface area contributed by atoms with Gasteiger partial charge >= 0.3 is 0 Å². The molecule has 0 aromatic carbocycles. The maximum absolute atomic E-state index is 10.9. The molecule has 0 bridgehead atoms. The molecule has 0 atom stereocenters. The van der Waals surface area contributed by atoms with Crippen molar-refractivity contribution in [1.29, 1.82) is 0 Å². The third-order valence-electron chi connectivity index (χ3n) is 2.50. The molecule has 1 amide bonds. The molecule has 0 saturated carbocycles. The van der Waals surface area contributed by atoms with Crippen molar-refractivity contribution in [3.05, 3.63) is 10.0 Å². The first-order chi connectivity index (χ1) is 7.65. The first-order valence-electron chi connectivity index (χ1n) is 5.30. The minimum atomic E-state index is -0.113. The van der Waals surface area contributed by atoms with Crippen molar-refractivity contribution < 1.29 is 4.79 Å². The fourth-order valence-electron chi connectivity index (χ4n) is 1.78. The van der Waals surface area contributed by atoms with Crippen LogP contribution in [0.25, 0.3) is 0 Å². The van der Waals surface area contributed by atoms with Crippen molar-refractivity contribution in [3.8, 4) is 0 Å². The van der Waals surface area contributed by atoms with Gasteiger partial charge in [0, 0.05) is 13.5 Å². The summed E-state index contributed by atoms with van der Waals surface area (Å²) in [5.41, 5.74) is 0. The summed E-state index contributed by atoms with van der Waals surface area (Å²) >= 11 is 7.49. The Hall–Kier alpha value is -0.650. The lowest BCUT2D eigenvalue weighted by molar-refractivity contribution is -0.114. The van der Waals surface area contributed by atoms with Gasteiger partial charge in [0.2, 0.25) is 5.91 Å². The molecule has 0 radical (unpaired) electrons. The lowest BCUT2D eigenvalue weighted by atomic mass is 10.4. The molecule has 1 fully saturated rings. The van der Waals surface area contributed by atoms with Crippen molar-refractivity contribution >= 4 is 34.0 Å². The van der Waals surface area contributed by atoms with E-state index in [1.165, 1.54) is 31.1 Å². The molecule has 2 heterocycles. The van der Waals surface area contributed by atoms with E-state index in [2.05, 4.69) is 15.2 Å². The maximum Gasteiger partial charge on any atom is 0.223 e. The Kier molecular flexibility index (Phi) is 3.78. The van der Waals surface area contributed by atoms with Crippen LogP contribution in [0.4, 0.5) is 5.13 Å². The van der Waals surface area contributed by atoms with Gasteiger partial charge in [-0.1, -0.05) is 22.9 Å². The van der Waals surface area contributed by atoms with E-state index in [9.17, 15) is 4.79 Å². The fraction of sp³-hybridized carbons (Fsp3) is 0.600. The second kappa shape index (κ2) is 5.12. The molecule has 16 heavy (non-hydrogen) atoms. The average molecular weight is 260 g/mol. The maximum atomic E-state index is 10.9. The zero-order valence-corrected chi connectivity index (χ0v) is 10.7. The van der Waals surface area contributed by atoms with Gasteiger partial charge < -0.3 is 5.32 Å². The quantitative estimate of drug-likeness (QED) is 0.906. The van der Waals surface area contributed by atoms with Crippen LogP contribution < -0.4 is 5.32 Å². The van der Waals surface area contributed by atoms with Gasteiger partial charge in [0.25, 0.3) is 0 Å². The molecule has 0 unspecified atom stereocenters. The third kappa shape index (κ3) is 2.93. The zero-order valence-electron chi connectivity index (χ0n) is 9.12. The van der Waals surface area contributed by atoms with Gasteiger partial charge in [0.15, 0.2) is 5.13 Å². The van der Waals surface area contributed by atoms with E-state index in [4.69, 9.17) is 11.6 Å². The van der Waals surface area contributed by atoms with Crippen molar-refractivity contribution in [2.45, 2.75) is 26.3 Å². The molecule has 4 nitrogen and oxygen atoms in total. The predicted octanol–water partition coefficient (Wildman–Crippen LogP) is 2.35. The molecule has 88 valence electrons. The van der Waals surface area contributed by atoms with Crippen LogP contribution in [-0.4, -0.2) is 28.9 Å². The van der Waals surface area contributed by atoms with Crippen LogP contribution in [0.5, 0.6) is 0 Å². The molecule has 1 saturated heterocycles. The number of hydrogen-bond donors (Lipinski definition) is 1. The smallest absolute Gasteiger partial charge is 0.223 e. The van der Waals surface area contributed by atoms with Crippen LogP contribution in [0.1, 0.15) is 24.6 Å². The van der Waals surface area contributed by atoms with Gasteiger partial charge in [-0.3, -0.25) is 9.69 Å². The predicted molar refractivity (Wildman–Crippen MR) is 65.9 cm³/mol. The highest BCUT2D eigenvalue weighted by atomic mass is 35.5. The molecule has 2 rings (SSSR count). The Bertz CT molecular complexity index is 387. The SMILES string of the molecule is CC(=O)Nc1nc(Cl)c(CN2CCCC2)s1. The van der Waals surface area contributed by atoms with Crippen LogP contribution >= 0.6 is 22.9 Å². The molecule has 1 aliphatic rings. The van der Waals surface area contributed by atoms with Crippen molar-refractivity contribution in [1.82, 2.24) is 9.88 Å². The van der Waals surface area contributed by atoms with Crippen molar-refractivity contribution in [3.63, 3.8) is 0 Å². The van der Waals surface area contributed by atoms with E-state index in [1.54, 1.807) is 0 Å². The third-order valence-corrected chi connectivity index (χ3v) is 3.88. The summed E-state index contributed by atoms with van der Waals surface area (Å²) in [5.74, 6) is -0.113. The highest BCUT2D eigenvalue weighted by Gasteiger charge is 2.16. The molecule has 6 heteroatoms. The van der Waals surface area contributed by atoms with E-state index < -0.39 is 0 Å². The standard InChI is InChI=1S/C10H14ClN3OS/c1-7(15)12-10-13-9(11)8(16-10)6-14-4-2-3-5-14/h2-6H2,1H3,(H,12,13,15). The van der Waals surface area contributed by atoms with Crippen LogP contribution in [0.3, 0.4) is 0 Å². The monoisotopic (exact) mass is 259 g/mol. The Morgan fingerprint density at radius 1 is 1.56 bits per heavy atom. The van der Waals surface area contributed by atoms with Crippen molar-refractivity contribution in [2.75, 3.05) is 18.4 Å². The first kappa shape index (κ1) is 11.8. The summed E-state index contributed by atoms with van der Waals surface area (Å²) in [7, 11) is 0. The second-order valence-corrected chi connectivity index (χ2v) is 5.34. The van der Waals surface area contributed by atoms with E-state index in [-0.39, 0.29) is 5.91 Å². The van der Waals surface area contributed by atoms with E-state index >= 15 is 0 Å². The van der Waals surface area contributed by atoms with Crippen LogP contribution in [0.15, 0.2) is 0 Å². The number of amides is 1. The topological polar surface area (TPSA) is 45.2 Å². The number of rotatable bonds is 3. The molecular formula is C10H14ClN3OS. The van der Waals surface area contributed by atoms with Gasteiger partial charge in [-0.05, 0) is 25.9 Å². The molecule has 0 spiro atoms. The van der Waals surface area contributed by atoms with E-state index in [0.717, 1.165) is 24.5 Å². The highest BCUT2D eigenvalue weighted by molar-refractivity contribution is 7.16. The first-order valence-corrected chi connectivity index (χ1v) is 6.50. The van der Waals surface area contributed by atoms with Gasteiger partial charge in [-0.15, -0.1) is 0 Å². The van der Waals surface area contributed by atoms with E-state index in [1.807, 2.05) is 0 Å². The molecule has 1 N–H and O–H groups in total. The zero-order chi connectivity index (χ0) is 11.5. The number of carbonyl (C=O) groups is 1. The Morgan fingerprint density at radius 2 is 2.25 bits per heavy atom. The molecule has 1 aromatic heterocycles. The Balaban J connectivity index is 2.02. The van der Waals surface area contributed by atoms with Crippen molar-refractivity contribution in [2.24, 2.45) is 0 Å². The molecule has 0 aliphatic carbocycles. The number of aromatic nitrogens is 1. The Morgan fingerprint density at radius 3 is 2.88 bits per heavy atom. The molecule has 1 aromatic rings. The lowest BCUT2D eigenvalue weighted by Gasteiger charge is -2.12. The van der Waals surface area contributed by atoms with Crippen LogP contribution in [0, 0.1) is 0 Å². The summed E-state index contributed by atoms with van der Waals surface area (Å²) in [6, 6.07) is 0. The number of halogens is 1. The number of anilines is 1. The van der Waals surface area contributed by atoms with Gasteiger partial charge in [0.1, 0.15) is 5.15 Å². The van der Waals surface area contributed by atoms with Gasteiger partial charge in [-0.25, -0.2) is 4.98 Å². The fourth-order valence-corrected chi connectivity index (χ4v) is 3.03. The average Bonchev–Trinajstić information content (AvgIpc) is 2.77. The number of carbonyl (C=O) groups excluding carboxylic acids is 1. The number of nitrogens with one attached hydrogen (secondary N) is 1. The highest BCUT2D eigenvalue weighted by Crippen LogP contribution is 2.29. The minimum absolute atomic E-state index is 0.113. The number of nitrogens with zero attached hydrogens (tertiary/aromatic N) is 2. The normalized spacial score (nSPS) is 16.6. The second-order valence-electron chi connectivity index (χ2n) is 3.90. The number of thiazole rings is 1.